The summed E-state index contributed by atoms with van der Waals surface area (Å²) in [5.41, 5.74) is 0. The maximum Gasteiger partial charge on any atom is 0.220 e. The molecule has 0 fully saturated rings. The van der Waals surface area contributed by atoms with Gasteiger partial charge in [0.25, 0.3) is 0 Å². The van der Waals surface area contributed by atoms with Crippen molar-refractivity contribution in [2.75, 3.05) is 6.61 Å². The summed E-state index contributed by atoms with van der Waals surface area (Å²) in [5.74, 6) is -0.0886. The summed E-state index contributed by atoms with van der Waals surface area (Å²) in [5, 5.41) is 23.0. The minimum absolute atomic E-state index is 0.0886. The minimum Gasteiger partial charge on any atom is -0.394 e. The Morgan fingerprint density at radius 2 is 0.976 bits per heavy atom. The fraction of sp³-hybridized carbons (Fsp3) is 0.763. The van der Waals surface area contributed by atoms with Gasteiger partial charge in [-0.2, -0.15) is 0 Å². The number of nitrogens with one attached hydrogen (secondary N) is 1. The van der Waals surface area contributed by atoms with Crippen LogP contribution in [0.5, 0.6) is 0 Å². The van der Waals surface area contributed by atoms with Crippen LogP contribution in [0.3, 0.4) is 0 Å². The van der Waals surface area contributed by atoms with Crippen LogP contribution in [0.2, 0.25) is 0 Å². The van der Waals surface area contributed by atoms with Crippen molar-refractivity contribution < 1.29 is 15.0 Å². The zero-order valence-electron chi connectivity index (χ0n) is 27.8. The van der Waals surface area contributed by atoms with E-state index in [1.807, 2.05) is 0 Å². The molecule has 0 aromatic rings. The fourth-order valence-electron chi connectivity index (χ4n) is 5.06. The van der Waals surface area contributed by atoms with Gasteiger partial charge < -0.3 is 15.5 Å². The molecule has 0 spiro atoms. The number of unbranched alkanes of at least 4 members (excludes halogenated alkanes) is 16. The zero-order chi connectivity index (χ0) is 30.8. The molecule has 0 aliphatic carbocycles. The van der Waals surface area contributed by atoms with Crippen molar-refractivity contribution in [1.29, 1.82) is 0 Å². The summed E-state index contributed by atoms with van der Waals surface area (Å²) in [7, 11) is 0. The first-order chi connectivity index (χ1) is 20.7. The van der Waals surface area contributed by atoms with Crippen molar-refractivity contribution in [2.24, 2.45) is 0 Å². The zero-order valence-corrected chi connectivity index (χ0v) is 27.8. The first kappa shape index (κ1) is 40.4. The highest BCUT2D eigenvalue weighted by Crippen LogP contribution is 2.14. The first-order valence-corrected chi connectivity index (χ1v) is 17.8. The normalized spacial score (nSPS) is 13.7. The van der Waals surface area contributed by atoms with Gasteiger partial charge in [0.1, 0.15) is 0 Å². The van der Waals surface area contributed by atoms with Gasteiger partial charge in [0.15, 0.2) is 0 Å². The van der Waals surface area contributed by atoms with Crippen LogP contribution in [0.4, 0.5) is 0 Å². The number of rotatable bonds is 31. The van der Waals surface area contributed by atoms with Crippen molar-refractivity contribution in [3.63, 3.8) is 0 Å². The lowest BCUT2D eigenvalue weighted by molar-refractivity contribution is -0.123. The van der Waals surface area contributed by atoms with Gasteiger partial charge in [0, 0.05) is 6.42 Å². The number of carbonyl (C=O) groups is 1. The largest absolute Gasteiger partial charge is 0.394 e. The van der Waals surface area contributed by atoms with E-state index in [2.05, 4.69) is 67.8 Å². The van der Waals surface area contributed by atoms with E-state index in [9.17, 15) is 15.0 Å². The minimum atomic E-state index is -0.680. The van der Waals surface area contributed by atoms with Gasteiger partial charge in [-0.15, -0.1) is 0 Å². The van der Waals surface area contributed by atoms with E-state index in [0.29, 0.717) is 12.8 Å². The van der Waals surface area contributed by atoms with E-state index in [4.69, 9.17) is 0 Å². The smallest absolute Gasteiger partial charge is 0.220 e. The Morgan fingerprint density at radius 3 is 1.45 bits per heavy atom. The maximum atomic E-state index is 12.3. The van der Waals surface area contributed by atoms with Gasteiger partial charge >= 0.3 is 0 Å². The number of aliphatic hydroxyl groups excluding tert-OH is 2. The van der Waals surface area contributed by atoms with Crippen molar-refractivity contribution in [3.05, 3.63) is 48.6 Å². The third-order valence-electron chi connectivity index (χ3n) is 7.84. The summed E-state index contributed by atoms with van der Waals surface area (Å²) in [4.78, 5) is 12.3. The Morgan fingerprint density at radius 1 is 0.571 bits per heavy atom. The number of hydrogen-bond acceptors (Lipinski definition) is 3. The summed E-state index contributed by atoms with van der Waals surface area (Å²) < 4.78 is 0. The van der Waals surface area contributed by atoms with Gasteiger partial charge in [-0.3, -0.25) is 4.79 Å². The Bertz CT molecular complexity index is 682. The van der Waals surface area contributed by atoms with Crippen LogP contribution in [-0.4, -0.2) is 34.9 Å². The van der Waals surface area contributed by atoms with Crippen molar-refractivity contribution in [3.8, 4) is 0 Å². The van der Waals surface area contributed by atoms with Crippen molar-refractivity contribution >= 4 is 5.91 Å². The topological polar surface area (TPSA) is 69.6 Å². The summed E-state index contributed by atoms with van der Waals surface area (Å²) in [6.45, 7) is 4.28. The van der Waals surface area contributed by atoms with Crippen molar-refractivity contribution in [1.82, 2.24) is 5.32 Å². The summed E-state index contributed by atoms with van der Waals surface area (Å²) >= 11 is 0. The molecule has 0 aliphatic heterocycles. The maximum absolute atomic E-state index is 12.3. The molecule has 0 radical (unpaired) electrons. The molecule has 0 bridgehead atoms. The molecule has 1 amide bonds. The van der Waals surface area contributed by atoms with E-state index in [1.165, 1.54) is 96.3 Å². The lowest BCUT2D eigenvalue weighted by Gasteiger charge is -2.22. The van der Waals surface area contributed by atoms with Crippen LogP contribution in [0, 0.1) is 0 Å². The molecule has 3 N–H and O–H groups in total. The fourth-order valence-corrected chi connectivity index (χ4v) is 5.06. The van der Waals surface area contributed by atoms with E-state index in [-0.39, 0.29) is 12.5 Å². The van der Waals surface area contributed by atoms with E-state index in [1.54, 1.807) is 0 Å². The van der Waals surface area contributed by atoms with Gasteiger partial charge in [0.05, 0.1) is 18.8 Å². The molecule has 0 rings (SSSR count). The average molecular weight is 588 g/mol. The number of allylic oxidation sites excluding steroid dienone is 8. The molecule has 0 unspecified atom stereocenters. The van der Waals surface area contributed by atoms with Gasteiger partial charge in [0.2, 0.25) is 5.91 Å². The highest BCUT2D eigenvalue weighted by Gasteiger charge is 2.19. The van der Waals surface area contributed by atoms with Gasteiger partial charge in [-0.05, 0) is 51.4 Å². The lowest BCUT2D eigenvalue weighted by atomic mass is 10.0. The first-order valence-electron chi connectivity index (χ1n) is 17.8. The van der Waals surface area contributed by atoms with Crippen LogP contribution >= 0.6 is 0 Å². The molecule has 0 saturated carbocycles. The lowest BCUT2D eigenvalue weighted by Crippen LogP contribution is -2.45. The van der Waals surface area contributed by atoms with Gasteiger partial charge in [-0.1, -0.05) is 159 Å². The Kier molecular flexibility index (Phi) is 32.5. The molecule has 42 heavy (non-hydrogen) atoms. The number of carbonyl (C=O) groups excluding carboxylic acids is 1. The summed E-state index contributed by atoms with van der Waals surface area (Å²) in [6, 6.07) is -0.564. The Labute approximate surface area is 261 Å². The van der Waals surface area contributed by atoms with E-state index < -0.39 is 12.1 Å². The van der Waals surface area contributed by atoms with E-state index >= 15 is 0 Å². The highest BCUT2D eigenvalue weighted by atomic mass is 16.3. The number of aliphatic hydroxyl groups is 2. The van der Waals surface area contributed by atoms with Crippen LogP contribution in [0.15, 0.2) is 48.6 Å². The van der Waals surface area contributed by atoms with Gasteiger partial charge in [-0.25, -0.2) is 0 Å². The predicted octanol–water partition coefficient (Wildman–Crippen LogP) is 10.5. The third kappa shape index (κ3) is 29.8. The third-order valence-corrected chi connectivity index (χ3v) is 7.84. The quantitative estimate of drug-likeness (QED) is 0.0558. The number of amides is 1. The Hall–Kier alpha value is -1.65. The second-order valence-electron chi connectivity index (χ2n) is 11.9. The molecule has 0 aliphatic rings. The van der Waals surface area contributed by atoms with Crippen LogP contribution < -0.4 is 5.32 Å². The average Bonchev–Trinajstić information content (AvgIpc) is 2.99. The molecule has 2 atom stereocenters. The second-order valence-corrected chi connectivity index (χ2v) is 11.9. The monoisotopic (exact) mass is 588 g/mol. The molecule has 4 heteroatoms. The van der Waals surface area contributed by atoms with Crippen LogP contribution in [0.1, 0.15) is 168 Å². The predicted molar refractivity (Wildman–Crippen MR) is 184 cm³/mol. The highest BCUT2D eigenvalue weighted by molar-refractivity contribution is 5.76. The molecule has 4 nitrogen and oxygen atoms in total. The molecule has 0 saturated heterocycles. The molecular formula is C38H69NO3. The SMILES string of the molecule is CCCCC/C=C\C/C=C\C/C=C\C/C=C\CCCC(=O)N[C@@H](CO)[C@H](O)CCCCCCCCCCCCCCC. The summed E-state index contributed by atoms with van der Waals surface area (Å²) in [6.07, 6.45) is 44.5. The van der Waals surface area contributed by atoms with Crippen molar-refractivity contribution in [2.45, 2.75) is 180 Å². The Balaban J connectivity index is 3.72. The van der Waals surface area contributed by atoms with Crippen LogP contribution in [-0.2, 0) is 4.79 Å². The standard InChI is InChI=1S/C38H69NO3/c1-3-5-7-9-11-13-15-17-18-19-20-22-24-26-28-30-32-34-38(42)39-36(35-40)37(41)33-31-29-27-25-23-21-16-14-12-10-8-6-4-2/h11,13,17-18,20,22,26,28,36-37,40-41H,3-10,12,14-16,19,21,23-25,27,29-35H2,1-2H3,(H,39,42)/b13-11-,18-17-,22-20-,28-26-/t36-,37+/m0/s1. The second kappa shape index (κ2) is 33.8. The molecule has 244 valence electrons. The van der Waals surface area contributed by atoms with E-state index in [0.717, 1.165) is 44.9 Å². The molecule has 0 heterocycles. The number of hydrogen-bond donors (Lipinski definition) is 3. The van der Waals surface area contributed by atoms with Crippen LogP contribution in [0.25, 0.3) is 0 Å². The molecule has 0 aromatic carbocycles. The molecular weight excluding hydrogens is 518 g/mol. The molecule has 0 aromatic heterocycles.